The molecular formula is C20H24N2OS. The van der Waals surface area contributed by atoms with Crippen LogP contribution < -0.4 is 10.2 Å². The second-order valence-electron chi connectivity index (χ2n) is 6.36. The van der Waals surface area contributed by atoms with Crippen molar-refractivity contribution in [2.24, 2.45) is 0 Å². The van der Waals surface area contributed by atoms with E-state index in [0.29, 0.717) is 11.8 Å². The van der Waals surface area contributed by atoms with Crippen molar-refractivity contribution in [3.05, 3.63) is 53.6 Å². The van der Waals surface area contributed by atoms with E-state index in [2.05, 4.69) is 48.3 Å². The fraction of sp³-hybridized carbons (Fsp3) is 0.350. The lowest BCUT2D eigenvalue weighted by molar-refractivity contribution is -0.115. The molecule has 4 heteroatoms. The lowest BCUT2D eigenvalue weighted by atomic mass is 10.1. The summed E-state index contributed by atoms with van der Waals surface area (Å²) in [5.41, 5.74) is 4.38. The van der Waals surface area contributed by atoms with Gasteiger partial charge in [-0.2, -0.15) is 0 Å². The lowest BCUT2D eigenvalue weighted by Gasteiger charge is -2.34. The van der Waals surface area contributed by atoms with Crippen molar-refractivity contribution in [3.63, 3.8) is 0 Å². The highest BCUT2D eigenvalue weighted by atomic mass is 32.2. The normalized spacial score (nSPS) is 16.6. The first-order valence-electron chi connectivity index (χ1n) is 8.44. The minimum absolute atomic E-state index is 0.0403. The third-order valence-corrected chi connectivity index (χ3v) is 5.78. The number of rotatable bonds is 4. The molecule has 1 atom stereocenters. The van der Waals surface area contributed by atoms with E-state index in [1.807, 2.05) is 36.9 Å². The maximum absolute atomic E-state index is 12.6. The van der Waals surface area contributed by atoms with E-state index in [0.717, 1.165) is 24.2 Å². The van der Waals surface area contributed by atoms with E-state index < -0.39 is 0 Å². The van der Waals surface area contributed by atoms with Gasteiger partial charge < -0.3 is 10.2 Å². The highest BCUT2D eigenvalue weighted by molar-refractivity contribution is 8.00. The smallest absolute Gasteiger partial charge is 0.243 e. The van der Waals surface area contributed by atoms with Crippen LogP contribution in [0.2, 0.25) is 0 Å². The van der Waals surface area contributed by atoms with Gasteiger partial charge >= 0.3 is 0 Å². The van der Waals surface area contributed by atoms with Crippen LogP contribution in [-0.4, -0.2) is 24.2 Å². The van der Waals surface area contributed by atoms with Crippen LogP contribution in [0.1, 0.15) is 24.5 Å². The largest absolute Gasteiger partial charge is 0.360 e. The Morgan fingerprint density at radius 3 is 2.79 bits per heavy atom. The number of carbonyl (C=O) groups is 1. The van der Waals surface area contributed by atoms with Crippen molar-refractivity contribution < 1.29 is 4.79 Å². The number of para-hydroxylation sites is 1. The van der Waals surface area contributed by atoms with Crippen LogP contribution in [0.25, 0.3) is 0 Å². The van der Waals surface area contributed by atoms with Gasteiger partial charge in [-0.15, -0.1) is 11.8 Å². The van der Waals surface area contributed by atoms with Crippen LogP contribution in [0.15, 0.2) is 47.4 Å². The standard InChI is InChI=1S/C20H24N2OS/c1-4-16-12-22(18-7-5-6-8-19(18)24-16)13-20(23)21-17-10-9-14(2)11-15(17)3/h5-11,16H,4,12-13H2,1-3H3,(H,21,23). The second kappa shape index (κ2) is 7.31. The highest BCUT2D eigenvalue weighted by Gasteiger charge is 2.25. The molecule has 3 rings (SSSR count). The van der Waals surface area contributed by atoms with Gasteiger partial charge in [0.25, 0.3) is 0 Å². The van der Waals surface area contributed by atoms with Gasteiger partial charge in [0.05, 0.1) is 12.2 Å². The van der Waals surface area contributed by atoms with E-state index >= 15 is 0 Å². The number of fused-ring (bicyclic) bond motifs is 1. The molecule has 1 N–H and O–H groups in total. The van der Waals surface area contributed by atoms with Gasteiger partial charge in [-0.1, -0.05) is 36.8 Å². The molecule has 0 aliphatic carbocycles. The molecule has 24 heavy (non-hydrogen) atoms. The van der Waals surface area contributed by atoms with Gasteiger partial charge in [0.1, 0.15) is 0 Å². The van der Waals surface area contributed by atoms with Crippen molar-refractivity contribution in [3.8, 4) is 0 Å². The fourth-order valence-corrected chi connectivity index (χ4v) is 4.31. The summed E-state index contributed by atoms with van der Waals surface area (Å²) in [6.45, 7) is 7.60. The second-order valence-corrected chi connectivity index (χ2v) is 7.71. The highest BCUT2D eigenvalue weighted by Crippen LogP contribution is 2.39. The van der Waals surface area contributed by atoms with E-state index in [-0.39, 0.29) is 5.91 Å². The molecular weight excluding hydrogens is 316 g/mol. The molecule has 1 unspecified atom stereocenters. The quantitative estimate of drug-likeness (QED) is 0.880. The van der Waals surface area contributed by atoms with E-state index in [1.165, 1.54) is 16.1 Å². The molecule has 2 aromatic carbocycles. The number of anilines is 2. The minimum Gasteiger partial charge on any atom is -0.360 e. The van der Waals surface area contributed by atoms with Gasteiger partial charge in [0.15, 0.2) is 0 Å². The summed E-state index contributed by atoms with van der Waals surface area (Å²) in [4.78, 5) is 16.0. The Bertz CT molecular complexity index is 744. The number of nitrogens with one attached hydrogen (secondary N) is 1. The monoisotopic (exact) mass is 340 g/mol. The molecule has 1 aliphatic heterocycles. The van der Waals surface area contributed by atoms with Crippen LogP contribution in [-0.2, 0) is 4.79 Å². The summed E-state index contributed by atoms with van der Waals surface area (Å²) in [7, 11) is 0. The Morgan fingerprint density at radius 2 is 2.04 bits per heavy atom. The summed E-state index contributed by atoms with van der Waals surface area (Å²) in [6, 6.07) is 14.5. The molecule has 0 bridgehead atoms. The molecule has 126 valence electrons. The summed E-state index contributed by atoms with van der Waals surface area (Å²) in [5.74, 6) is 0.0403. The first-order chi connectivity index (χ1) is 11.6. The van der Waals surface area contributed by atoms with Gasteiger partial charge in [0.2, 0.25) is 5.91 Å². The Labute approximate surface area is 148 Å². The molecule has 0 spiro atoms. The van der Waals surface area contributed by atoms with E-state index in [1.54, 1.807) is 0 Å². The number of amides is 1. The number of nitrogens with zero attached hydrogens (tertiary/aromatic N) is 1. The number of carbonyl (C=O) groups excluding carboxylic acids is 1. The van der Waals surface area contributed by atoms with E-state index in [4.69, 9.17) is 0 Å². The van der Waals surface area contributed by atoms with E-state index in [9.17, 15) is 4.79 Å². The molecule has 0 saturated carbocycles. The zero-order chi connectivity index (χ0) is 17.1. The molecule has 0 aromatic heterocycles. The summed E-state index contributed by atoms with van der Waals surface area (Å²) >= 11 is 1.92. The lowest BCUT2D eigenvalue weighted by Crippen LogP contribution is -2.40. The van der Waals surface area contributed by atoms with Crippen molar-refractivity contribution >= 4 is 29.0 Å². The number of benzene rings is 2. The molecule has 1 aliphatic rings. The molecule has 0 radical (unpaired) electrons. The summed E-state index contributed by atoms with van der Waals surface area (Å²) < 4.78 is 0. The number of hydrogen-bond acceptors (Lipinski definition) is 3. The average molecular weight is 340 g/mol. The van der Waals surface area contributed by atoms with Crippen molar-refractivity contribution in [1.29, 1.82) is 0 Å². The molecule has 0 fully saturated rings. The average Bonchev–Trinajstić information content (AvgIpc) is 2.57. The molecule has 0 saturated heterocycles. The predicted molar refractivity (Wildman–Crippen MR) is 103 cm³/mol. The summed E-state index contributed by atoms with van der Waals surface area (Å²) in [5, 5.41) is 3.60. The first kappa shape index (κ1) is 16.9. The van der Waals surface area contributed by atoms with Gasteiger partial charge in [-0.05, 0) is 44.0 Å². The zero-order valence-electron chi connectivity index (χ0n) is 14.5. The first-order valence-corrected chi connectivity index (χ1v) is 9.32. The van der Waals surface area contributed by atoms with Gasteiger partial charge in [-0.3, -0.25) is 4.79 Å². The zero-order valence-corrected chi connectivity index (χ0v) is 15.3. The minimum atomic E-state index is 0.0403. The van der Waals surface area contributed by atoms with Crippen LogP contribution in [0.4, 0.5) is 11.4 Å². The SMILES string of the molecule is CCC1CN(CC(=O)Nc2ccc(C)cc2C)c2ccccc2S1. The van der Waals surface area contributed by atoms with Crippen LogP contribution in [0, 0.1) is 13.8 Å². The van der Waals surface area contributed by atoms with Crippen LogP contribution in [0.3, 0.4) is 0 Å². The van der Waals surface area contributed by atoms with Gasteiger partial charge in [-0.25, -0.2) is 0 Å². The number of aryl methyl sites for hydroxylation is 2. The predicted octanol–water partition coefficient (Wildman–Crippen LogP) is 4.63. The Kier molecular flexibility index (Phi) is 5.14. The van der Waals surface area contributed by atoms with Crippen LogP contribution >= 0.6 is 11.8 Å². The van der Waals surface area contributed by atoms with Crippen LogP contribution in [0.5, 0.6) is 0 Å². The third-order valence-electron chi connectivity index (χ3n) is 4.37. The Hall–Kier alpha value is -1.94. The topological polar surface area (TPSA) is 32.3 Å². The summed E-state index contributed by atoms with van der Waals surface area (Å²) in [6.07, 6.45) is 1.11. The number of thioether (sulfide) groups is 1. The van der Waals surface area contributed by atoms with Crippen molar-refractivity contribution in [1.82, 2.24) is 0 Å². The van der Waals surface area contributed by atoms with Crippen molar-refractivity contribution in [2.75, 3.05) is 23.3 Å². The van der Waals surface area contributed by atoms with Crippen molar-refractivity contribution in [2.45, 2.75) is 37.3 Å². The molecule has 2 aromatic rings. The maximum Gasteiger partial charge on any atom is 0.243 e. The Morgan fingerprint density at radius 1 is 1.25 bits per heavy atom. The number of hydrogen-bond donors (Lipinski definition) is 1. The fourth-order valence-electron chi connectivity index (χ4n) is 3.06. The third kappa shape index (κ3) is 3.75. The van der Waals surface area contributed by atoms with Gasteiger partial charge in [0, 0.05) is 22.4 Å². The molecule has 1 amide bonds. The molecule has 1 heterocycles. The molecule has 3 nitrogen and oxygen atoms in total. The Balaban J connectivity index is 1.74. The maximum atomic E-state index is 12.6.